The van der Waals surface area contributed by atoms with E-state index in [1.165, 1.54) is 25.7 Å². The third kappa shape index (κ3) is 5.19. The van der Waals surface area contributed by atoms with Crippen molar-refractivity contribution in [1.29, 1.82) is 0 Å². The number of ether oxygens (including phenoxy) is 1. The lowest BCUT2D eigenvalue weighted by atomic mass is 9.87. The van der Waals surface area contributed by atoms with Crippen molar-refractivity contribution in [3.8, 4) is 5.75 Å². The zero-order chi connectivity index (χ0) is 14.3. The van der Waals surface area contributed by atoms with Crippen molar-refractivity contribution in [3.05, 3.63) is 24.0 Å². The second-order valence-electron chi connectivity index (χ2n) is 5.48. The fourth-order valence-electron chi connectivity index (χ4n) is 2.47. The molecule has 1 heterocycles. The second-order valence-corrected chi connectivity index (χ2v) is 5.48. The Morgan fingerprint density at radius 3 is 2.32 bits per heavy atom. The molecule has 1 aromatic heterocycles. The fraction of sp³-hybridized carbons (Fsp3) is 0.688. The first-order valence-corrected chi connectivity index (χ1v) is 7.45. The lowest BCUT2D eigenvalue weighted by Crippen LogP contribution is -2.21. The van der Waals surface area contributed by atoms with E-state index >= 15 is 0 Å². The number of hydrogen-bond acceptors (Lipinski definition) is 3. The van der Waals surface area contributed by atoms with E-state index < -0.39 is 0 Å². The molecule has 1 aromatic rings. The topological polar surface area (TPSA) is 48.1 Å². The van der Waals surface area contributed by atoms with Gasteiger partial charge in [0.1, 0.15) is 5.75 Å². The standard InChI is InChI=1S/C16H28N2O/c1-5-7-13(8-6-2)16(17)14-9-15(11-18-10-14)19-12(3)4/h9-13,16H,5-8,17H2,1-4H3. The number of hydrogen-bond donors (Lipinski definition) is 1. The molecule has 1 atom stereocenters. The van der Waals surface area contributed by atoms with Gasteiger partial charge in [-0.3, -0.25) is 4.98 Å². The molecule has 1 rings (SSSR count). The Morgan fingerprint density at radius 1 is 1.16 bits per heavy atom. The number of nitrogens with two attached hydrogens (primary N) is 1. The lowest BCUT2D eigenvalue weighted by Gasteiger charge is -2.23. The summed E-state index contributed by atoms with van der Waals surface area (Å²) in [4.78, 5) is 4.26. The summed E-state index contributed by atoms with van der Waals surface area (Å²) in [7, 11) is 0. The van der Waals surface area contributed by atoms with Crippen LogP contribution in [0.4, 0.5) is 0 Å². The molecular formula is C16H28N2O. The number of aromatic nitrogens is 1. The molecule has 0 spiro atoms. The first-order chi connectivity index (χ1) is 9.08. The van der Waals surface area contributed by atoms with Gasteiger partial charge in [0.05, 0.1) is 12.3 Å². The van der Waals surface area contributed by atoms with Gasteiger partial charge in [-0.25, -0.2) is 0 Å². The van der Waals surface area contributed by atoms with Crippen molar-refractivity contribution < 1.29 is 4.74 Å². The van der Waals surface area contributed by atoms with Crippen LogP contribution in [-0.2, 0) is 0 Å². The van der Waals surface area contributed by atoms with E-state index in [-0.39, 0.29) is 12.1 Å². The van der Waals surface area contributed by atoms with Crippen LogP contribution in [0, 0.1) is 5.92 Å². The lowest BCUT2D eigenvalue weighted by molar-refractivity contribution is 0.240. The minimum absolute atomic E-state index is 0.0584. The summed E-state index contributed by atoms with van der Waals surface area (Å²) in [5.41, 5.74) is 7.50. The van der Waals surface area contributed by atoms with Gasteiger partial charge in [0, 0.05) is 12.2 Å². The molecule has 0 aliphatic carbocycles. The Labute approximate surface area is 117 Å². The molecule has 0 saturated carbocycles. The summed E-state index contributed by atoms with van der Waals surface area (Å²) in [6.45, 7) is 8.46. The quantitative estimate of drug-likeness (QED) is 0.769. The Morgan fingerprint density at radius 2 is 1.79 bits per heavy atom. The summed E-state index contributed by atoms with van der Waals surface area (Å²) < 4.78 is 5.69. The van der Waals surface area contributed by atoms with Crippen molar-refractivity contribution >= 4 is 0 Å². The average Bonchev–Trinajstić information content (AvgIpc) is 2.37. The molecule has 19 heavy (non-hydrogen) atoms. The van der Waals surface area contributed by atoms with Gasteiger partial charge in [0.25, 0.3) is 0 Å². The highest BCUT2D eigenvalue weighted by atomic mass is 16.5. The van der Waals surface area contributed by atoms with Gasteiger partial charge in [0.2, 0.25) is 0 Å². The summed E-state index contributed by atoms with van der Waals surface area (Å²) >= 11 is 0. The molecule has 0 aromatic carbocycles. The van der Waals surface area contributed by atoms with Crippen LogP contribution >= 0.6 is 0 Å². The van der Waals surface area contributed by atoms with Crippen molar-refractivity contribution in [1.82, 2.24) is 4.98 Å². The SMILES string of the molecule is CCCC(CCC)C(N)c1cncc(OC(C)C)c1. The molecule has 3 heteroatoms. The highest BCUT2D eigenvalue weighted by Crippen LogP contribution is 2.29. The molecular weight excluding hydrogens is 236 g/mol. The van der Waals surface area contributed by atoms with E-state index in [1.54, 1.807) is 6.20 Å². The first kappa shape index (κ1) is 16.0. The van der Waals surface area contributed by atoms with E-state index in [1.807, 2.05) is 26.1 Å². The molecule has 1 unspecified atom stereocenters. The van der Waals surface area contributed by atoms with Gasteiger partial charge in [0.15, 0.2) is 0 Å². The van der Waals surface area contributed by atoms with Crippen LogP contribution in [0.15, 0.2) is 18.5 Å². The fourth-order valence-corrected chi connectivity index (χ4v) is 2.47. The molecule has 0 amide bonds. The highest BCUT2D eigenvalue weighted by Gasteiger charge is 2.18. The average molecular weight is 264 g/mol. The Balaban J connectivity index is 2.81. The smallest absolute Gasteiger partial charge is 0.138 e. The van der Waals surface area contributed by atoms with Crippen LogP contribution in [-0.4, -0.2) is 11.1 Å². The maximum absolute atomic E-state index is 6.42. The highest BCUT2D eigenvalue weighted by molar-refractivity contribution is 5.26. The minimum Gasteiger partial charge on any atom is -0.489 e. The Kier molecular flexibility index (Phi) is 6.85. The van der Waals surface area contributed by atoms with Crippen molar-refractivity contribution in [2.45, 2.75) is 65.5 Å². The van der Waals surface area contributed by atoms with E-state index in [2.05, 4.69) is 18.8 Å². The Bertz CT molecular complexity index is 360. The molecule has 2 N–H and O–H groups in total. The van der Waals surface area contributed by atoms with Crippen LogP contribution in [0.25, 0.3) is 0 Å². The van der Waals surface area contributed by atoms with Gasteiger partial charge in [-0.15, -0.1) is 0 Å². The van der Waals surface area contributed by atoms with Crippen LogP contribution in [0.1, 0.15) is 65.0 Å². The summed E-state index contributed by atoms with van der Waals surface area (Å²) in [6.07, 6.45) is 8.48. The van der Waals surface area contributed by atoms with Gasteiger partial charge in [-0.1, -0.05) is 26.7 Å². The molecule has 108 valence electrons. The molecule has 0 bridgehead atoms. The van der Waals surface area contributed by atoms with Crippen LogP contribution < -0.4 is 10.5 Å². The van der Waals surface area contributed by atoms with Gasteiger partial charge >= 0.3 is 0 Å². The van der Waals surface area contributed by atoms with Crippen LogP contribution in [0.2, 0.25) is 0 Å². The minimum atomic E-state index is 0.0584. The molecule has 0 fully saturated rings. The van der Waals surface area contributed by atoms with Gasteiger partial charge in [-0.05, 0) is 44.2 Å². The van der Waals surface area contributed by atoms with E-state index in [4.69, 9.17) is 10.5 Å². The zero-order valence-electron chi connectivity index (χ0n) is 12.7. The predicted molar refractivity (Wildman–Crippen MR) is 80.2 cm³/mol. The largest absolute Gasteiger partial charge is 0.489 e. The van der Waals surface area contributed by atoms with Gasteiger partial charge < -0.3 is 10.5 Å². The third-order valence-electron chi connectivity index (χ3n) is 3.32. The van der Waals surface area contributed by atoms with E-state index in [9.17, 15) is 0 Å². The predicted octanol–water partition coefficient (Wildman–Crippen LogP) is 4.09. The van der Waals surface area contributed by atoms with Gasteiger partial charge in [-0.2, -0.15) is 0 Å². The summed E-state index contributed by atoms with van der Waals surface area (Å²) in [6, 6.07) is 2.10. The number of rotatable bonds is 8. The molecule has 0 radical (unpaired) electrons. The Hall–Kier alpha value is -1.09. The second kappa shape index (κ2) is 8.16. The van der Waals surface area contributed by atoms with Crippen molar-refractivity contribution in [2.75, 3.05) is 0 Å². The van der Waals surface area contributed by atoms with Crippen LogP contribution in [0.5, 0.6) is 5.75 Å². The summed E-state index contributed by atoms with van der Waals surface area (Å²) in [5.74, 6) is 1.35. The monoisotopic (exact) mass is 264 g/mol. The maximum Gasteiger partial charge on any atom is 0.138 e. The van der Waals surface area contributed by atoms with E-state index in [0.29, 0.717) is 5.92 Å². The molecule has 0 aliphatic heterocycles. The number of nitrogens with zero attached hydrogens (tertiary/aromatic N) is 1. The maximum atomic E-state index is 6.42. The van der Waals surface area contributed by atoms with Crippen molar-refractivity contribution in [2.24, 2.45) is 11.7 Å². The molecule has 0 aliphatic rings. The molecule has 3 nitrogen and oxygen atoms in total. The number of pyridine rings is 1. The first-order valence-electron chi connectivity index (χ1n) is 7.45. The normalized spacial score (nSPS) is 13.0. The molecule has 0 saturated heterocycles. The van der Waals surface area contributed by atoms with E-state index in [0.717, 1.165) is 11.3 Å². The zero-order valence-corrected chi connectivity index (χ0v) is 12.7. The van der Waals surface area contributed by atoms with Crippen molar-refractivity contribution in [3.63, 3.8) is 0 Å². The van der Waals surface area contributed by atoms with Crippen LogP contribution in [0.3, 0.4) is 0 Å². The summed E-state index contributed by atoms with van der Waals surface area (Å²) in [5, 5.41) is 0. The third-order valence-corrected chi connectivity index (χ3v) is 3.32.